The molecule has 0 heterocycles. The Balaban J connectivity index is 1.49. The molecule has 16 heavy (non-hydrogen) atoms. The van der Waals surface area contributed by atoms with Crippen LogP contribution in [0.2, 0.25) is 0 Å². The fourth-order valence-electron chi connectivity index (χ4n) is 4.47. The van der Waals surface area contributed by atoms with Gasteiger partial charge in [0.1, 0.15) is 0 Å². The van der Waals surface area contributed by atoms with Crippen molar-refractivity contribution in [2.45, 2.75) is 82.7 Å². The average Bonchev–Trinajstić information content (AvgIpc) is 2.72. The molecular formula is C15H27N. The van der Waals surface area contributed by atoms with Crippen LogP contribution in [0.3, 0.4) is 0 Å². The minimum Gasteiger partial charge on any atom is -0.311 e. The van der Waals surface area contributed by atoms with Crippen LogP contribution in [-0.2, 0) is 0 Å². The van der Waals surface area contributed by atoms with Gasteiger partial charge >= 0.3 is 0 Å². The average molecular weight is 221 g/mol. The maximum Gasteiger partial charge on any atom is 0.00751 e. The van der Waals surface area contributed by atoms with E-state index in [4.69, 9.17) is 0 Å². The van der Waals surface area contributed by atoms with Crippen molar-refractivity contribution >= 4 is 0 Å². The summed E-state index contributed by atoms with van der Waals surface area (Å²) in [6.45, 7) is 0. The van der Waals surface area contributed by atoms with E-state index in [0.29, 0.717) is 0 Å². The largest absolute Gasteiger partial charge is 0.311 e. The molecule has 2 unspecified atom stereocenters. The Morgan fingerprint density at radius 1 is 0.562 bits per heavy atom. The summed E-state index contributed by atoms with van der Waals surface area (Å²) in [6, 6.07) is 1.76. The highest BCUT2D eigenvalue weighted by molar-refractivity contribution is 4.91. The fourth-order valence-corrected chi connectivity index (χ4v) is 4.47. The van der Waals surface area contributed by atoms with Crippen LogP contribution in [0.15, 0.2) is 0 Å². The minimum atomic E-state index is 0.874. The Bertz CT molecular complexity index is 205. The molecule has 0 aromatic rings. The quantitative estimate of drug-likeness (QED) is 0.746. The van der Waals surface area contributed by atoms with Crippen molar-refractivity contribution < 1.29 is 0 Å². The number of rotatable bonds is 2. The second-order valence-electron chi connectivity index (χ2n) is 6.47. The molecule has 3 saturated carbocycles. The molecular weight excluding hydrogens is 194 g/mol. The maximum absolute atomic E-state index is 3.97. The highest BCUT2D eigenvalue weighted by atomic mass is 15.0. The van der Waals surface area contributed by atoms with E-state index in [1.54, 1.807) is 0 Å². The minimum absolute atomic E-state index is 0.874. The molecule has 1 N–H and O–H groups in total. The van der Waals surface area contributed by atoms with E-state index in [1.807, 2.05) is 0 Å². The summed E-state index contributed by atoms with van der Waals surface area (Å²) in [5.74, 6) is 2.18. The molecule has 3 aliphatic carbocycles. The van der Waals surface area contributed by atoms with Crippen molar-refractivity contribution in [2.75, 3.05) is 0 Å². The van der Waals surface area contributed by atoms with Crippen molar-refractivity contribution in [3.63, 3.8) is 0 Å². The zero-order valence-corrected chi connectivity index (χ0v) is 10.6. The van der Waals surface area contributed by atoms with Crippen molar-refractivity contribution in [2.24, 2.45) is 11.8 Å². The lowest BCUT2D eigenvalue weighted by atomic mass is 9.82. The summed E-state index contributed by atoms with van der Waals surface area (Å²) in [7, 11) is 0. The van der Waals surface area contributed by atoms with Gasteiger partial charge in [0.05, 0.1) is 0 Å². The fraction of sp³-hybridized carbons (Fsp3) is 1.00. The van der Waals surface area contributed by atoms with Gasteiger partial charge in [0.15, 0.2) is 0 Å². The molecule has 0 bridgehead atoms. The number of hydrogen-bond acceptors (Lipinski definition) is 1. The molecule has 1 nitrogen and oxygen atoms in total. The van der Waals surface area contributed by atoms with Crippen LogP contribution in [0.25, 0.3) is 0 Å². The van der Waals surface area contributed by atoms with Gasteiger partial charge in [0.25, 0.3) is 0 Å². The monoisotopic (exact) mass is 221 g/mol. The summed E-state index contributed by atoms with van der Waals surface area (Å²) in [4.78, 5) is 0. The van der Waals surface area contributed by atoms with E-state index in [-0.39, 0.29) is 0 Å². The highest BCUT2D eigenvalue weighted by Crippen LogP contribution is 2.42. The molecule has 0 amide bonds. The zero-order chi connectivity index (χ0) is 10.8. The molecule has 0 spiro atoms. The molecule has 0 aromatic carbocycles. The van der Waals surface area contributed by atoms with Crippen LogP contribution in [0, 0.1) is 11.8 Å². The topological polar surface area (TPSA) is 12.0 Å². The summed E-state index contributed by atoms with van der Waals surface area (Å²) < 4.78 is 0. The van der Waals surface area contributed by atoms with E-state index < -0.39 is 0 Å². The third kappa shape index (κ3) is 2.45. The lowest BCUT2D eigenvalue weighted by Crippen LogP contribution is -2.38. The summed E-state index contributed by atoms with van der Waals surface area (Å²) in [6.07, 6.45) is 16.4. The molecule has 92 valence electrons. The van der Waals surface area contributed by atoms with Gasteiger partial charge in [0.2, 0.25) is 0 Å². The van der Waals surface area contributed by atoms with Crippen LogP contribution in [0.1, 0.15) is 70.6 Å². The maximum atomic E-state index is 3.97. The highest BCUT2D eigenvalue weighted by Gasteiger charge is 2.36. The number of nitrogens with one attached hydrogen (secondary N) is 1. The third-order valence-electron chi connectivity index (χ3n) is 5.32. The zero-order valence-electron chi connectivity index (χ0n) is 10.6. The Morgan fingerprint density at radius 2 is 1.12 bits per heavy atom. The van der Waals surface area contributed by atoms with Crippen molar-refractivity contribution in [1.29, 1.82) is 0 Å². The molecule has 0 radical (unpaired) electrons. The van der Waals surface area contributed by atoms with Gasteiger partial charge in [-0.1, -0.05) is 44.9 Å². The molecule has 1 heteroatoms. The van der Waals surface area contributed by atoms with Gasteiger partial charge in [-0.3, -0.25) is 0 Å². The first kappa shape index (κ1) is 11.1. The predicted octanol–water partition coefficient (Wildman–Crippen LogP) is 3.88. The van der Waals surface area contributed by atoms with Crippen LogP contribution in [-0.4, -0.2) is 12.1 Å². The SMILES string of the molecule is C1CCC(NC2CC3CCCCC3C2)CC1. The first-order valence-corrected chi connectivity index (χ1v) is 7.68. The van der Waals surface area contributed by atoms with Gasteiger partial charge in [-0.2, -0.15) is 0 Å². The van der Waals surface area contributed by atoms with E-state index in [0.717, 1.165) is 23.9 Å². The van der Waals surface area contributed by atoms with E-state index in [9.17, 15) is 0 Å². The van der Waals surface area contributed by atoms with Crippen LogP contribution in [0.5, 0.6) is 0 Å². The van der Waals surface area contributed by atoms with Crippen molar-refractivity contribution in [3.8, 4) is 0 Å². The van der Waals surface area contributed by atoms with E-state index >= 15 is 0 Å². The molecule has 3 fully saturated rings. The number of hydrogen-bond donors (Lipinski definition) is 1. The predicted molar refractivity (Wildman–Crippen MR) is 68.5 cm³/mol. The van der Waals surface area contributed by atoms with Crippen LogP contribution < -0.4 is 5.32 Å². The molecule has 0 aromatic heterocycles. The van der Waals surface area contributed by atoms with Crippen LogP contribution >= 0.6 is 0 Å². The summed E-state index contributed by atoms with van der Waals surface area (Å²) in [5.41, 5.74) is 0. The lowest BCUT2D eigenvalue weighted by molar-refractivity contribution is 0.277. The van der Waals surface area contributed by atoms with Gasteiger partial charge in [-0.25, -0.2) is 0 Å². The normalized spacial score (nSPS) is 40.9. The Hall–Kier alpha value is -0.0400. The molecule has 2 atom stereocenters. The van der Waals surface area contributed by atoms with Crippen molar-refractivity contribution in [1.82, 2.24) is 5.32 Å². The first-order chi connectivity index (χ1) is 7.92. The van der Waals surface area contributed by atoms with Gasteiger partial charge in [0, 0.05) is 12.1 Å². The number of fused-ring (bicyclic) bond motifs is 1. The van der Waals surface area contributed by atoms with Gasteiger partial charge in [-0.15, -0.1) is 0 Å². The molecule has 0 saturated heterocycles. The lowest BCUT2D eigenvalue weighted by Gasteiger charge is -2.26. The second kappa shape index (κ2) is 5.08. The Morgan fingerprint density at radius 3 is 1.75 bits per heavy atom. The Kier molecular flexibility index (Phi) is 3.51. The molecule has 3 rings (SSSR count). The Labute approximate surface area is 100 Å². The molecule has 3 aliphatic rings. The van der Waals surface area contributed by atoms with Gasteiger partial charge < -0.3 is 5.32 Å². The van der Waals surface area contributed by atoms with E-state index in [1.165, 1.54) is 70.6 Å². The second-order valence-corrected chi connectivity index (χ2v) is 6.47. The summed E-state index contributed by atoms with van der Waals surface area (Å²) in [5, 5.41) is 3.97. The standard InChI is InChI=1S/C15H27N/c1-2-8-14(9-3-1)16-15-10-12-6-4-5-7-13(12)11-15/h12-16H,1-11H2. The van der Waals surface area contributed by atoms with Gasteiger partial charge in [-0.05, 0) is 37.5 Å². The first-order valence-electron chi connectivity index (χ1n) is 7.68. The van der Waals surface area contributed by atoms with Crippen LogP contribution in [0.4, 0.5) is 0 Å². The molecule has 0 aliphatic heterocycles. The third-order valence-corrected chi connectivity index (χ3v) is 5.32. The van der Waals surface area contributed by atoms with Crippen molar-refractivity contribution in [3.05, 3.63) is 0 Å². The summed E-state index contributed by atoms with van der Waals surface area (Å²) >= 11 is 0. The van der Waals surface area contributed by atoms with E-state index in [2.05, 4.69) is 5.32 Å². The smallest absolute Gasteiger partial charge is 0.00751 e.